The summed E-state index contributed by atoms with van der Waals surface area (Å²) in [7, 11) is 0. The second-order valence-electron chi connectivity index (χ2n) is 6.76. The smallest absolute Gasteiger partial charge is 0.282 e. The lowest BCUT2D eigenvalue weighted by molar-refractivity contribution is -0.120. The average molecular weight is 403 g/mol. The van der Waals surface area contributed by atoms with Gasteiger partial charge in [0, 0.05) is 29.6 Å². The SMILES string of the molecule is O=C1C(c2cccs2)=C(N2CCCC(CO)C2)C(=O)N1c1ccc(Cl)cc1. The molecular weight excluding hydrogens is 384 g/mol. The first-order valence-corrected chi connectivity index (χ1v) is 10.1. The number of piperidine rings is 1. The molecule has 1 fully saturated rings. The van der Waals surface area contributed by atoms with E-state index in [1.165, 1.54) is 16.2 Å². The van der Waals surface area contributed by atoms with E-state index in [0.717, 1.165) is 17.7 Å². The Balaban J connectivity index is 1.77. The van der Waals surface area contributed by atoms with Crippen LogP contribution in [0, 0.1) is 5.92 Å². The molecule has 1 N–H and O–H groups in total. The van der Waals surface area contributed by atoms with Gasteiger partial charge in [-0.2, -0.15) is 0 Å². The molecule has 2 aliphatic heterocycles. The number of imide groups is 1. The van der Waals surface area contributed by atoms with Crippen LogP contribution in [0.3, 0.4) is 0 Å². The van der Waals surface area contributed by atoms with Gasteiger partial charge in [0.05, 0.1) is 11.3 Å². The van der Waals surface area contributed by atoms with Crippen LogP contribution < -0.4 is 4.90 Å². The third-order valence-electron chi connectivity index (χ3n) is 5.01. The first kappa shape index (κ1) is 18.2. The highest BCUT2D eigenvalue weighted by Gasteiger charge is 2.43. The van der Waals surface area contributed by atoms with Crippen LogP contribution in [0.5, 0.6) is 0 Å². The van der Waals surface area contributed by atoms with Crippen molar-refractivity contribution in [3.8, 4) is 0 Å². The van der Waals surface area contributed by atoms with Crippen LogP contribution in [0.2, 0.25) is 5.02 Å². The fraction of sp³-hybridized carbons (Fsp3) is 0.300. The van der Waals surface area contributed by atoms with E-state index in [1.54, 1.807) is 24.3 Å². The van der Waals surface area contributed by atoms with Crippen molar-refractivity contribution in [1.82, 2.24) is 4.90 Å². The zero-order valence-corrected chi connectivity index (χ0v) is 16.2. The molecular formula is C20H19ClN2O3S. The molecule has 0 radical (unpaired) electrons. The Morgan fingerprint density at radius 2 is 1.93 bits per heavy atom. The van der Waals surface area contributed by atoms with Gasteiger partial charge in [-0.3, -0.25) is 9.59 Å². The first-order valence-electron chi connectivity index (χ1n) is 8.88. The minimum atomic E-state index is -0.315. The summed E-state index contributed by atoms with van der Waals surface area (Å²) < 4.78 is 0. The molecule has 140 valence electrons. The fourth-order valence-corrected chi connectivity index (χ4v) is 4.58. The third-order valence-corrected chi connectivity index (χ3v) is 6.14. The topological polar surface area (TPSA) is 60.9 Å². The molecule has 2 amide bonds. The Kier molecular flexibility index (Phi) is 5.04. The van der Waals surface area contributed by atoms with E-state index in [1.807, 2.05) is 22.4 Å². The van der Waals surface area contributed by atoms with E-state index in [0.29, 0.717) is 35.1 Å². The molecule has 1 unspecified atom stereocenters. The van der Waals surface area contributed by atoms with E-state index >= 15 is 0 Å². The van der Waals surface area contributed by atoms with E-state index in [2.05, 4.69) is 0 Å². The van der Waals surface area contributed by atoms with E-state index < -0.39 is 0 Å². The Hall–Kier alpha value is -2.15. The molecule has 7 heteroatoms. The maximum Gasteiger partial charge on any atom is 0.282 e. The highest BCUT2D eigenvalue weighted by molar-refractivity contribution is 7.11. The number of hydrogen-bond acceptors (Lipinski definition) is 5. The molecule has 1 aromatic carbocycles. The van der Waals surface area contributed by atoms with Crippen LogP contribution in [-0.2, 0) is 9.59 Å². The molecule has 0 spiro atoms. The number of anilines is 1. The van der Waals surface area contributed by atoms with Crippen LogP contribution in [0.15, 0.2) is 47.5 Å². The summed E-state index contributed by atoms with van der Waals surface area (Å²) in [5.74, 6) is -0.515. The van der Waals surface area contributed by atoms with Crippen molar-refractivity contribution in [2.24, 2.45) is 5.92 Å². The summed E-state index contributed by atoms with van der Waals surface area (Å²) >= 11 is 7.40. The number of rotatable bonds is 4. The highest BCUT2D eigenvalue weighted by atomic mass is 35.5. The second-order valence-corrected chi connectivity index (χ2v) is 8.14. The molecule has 1 atom stereocenters. The predicted molar refractivity (Wildman–Crippen MR) is 107 cm³/mol. The first-order chi connectivity index (χ1) is 13.1. The van der Waals surface area contributed by atoms with Gasteiger partial charge < -0.3 is 10.0 Å². The van der Waals surface area contributed by atoms with Gasteiger partial charge in [0.1, 0.15) is 5.70 Å². The Morgan fingerprint density at radius 1 is 1.15 bits per heavy atom. The Bertz CT molecular complexity index is 892. The van der Waals surface area contributed by atoms with Gasteiger partial charge in [0.2, 0.25) is 0 Å². The molecule has 2 aliphatic rings. The van der Waals surface area contributed by atoms with Gasteiger partial charge in [-0.25, -0.2) is 4.90 Å². The van der Waals surface area contributed by atoms with Gasteiger partial charge in [-0.1, -0.05) is 17.7 Å². The average Bonchev–Trinajstić information content (AvgIpc) is 3.29. The summed E-state index contributed by atoms with van der Waals surface area (Å²) in [4.78, 5) is 30.5. The molecule has 27 heavy (non-hydrogen) atoms. The lowest BCUT2D eigenvalue weighted by Crippen LogP contribution is -2.40. The van der Waals surface area contributed by atoms with Crippen LogP contribution in [0.25, 0.3) is 5.57 Å². The number of likely N-dealkylation sites (tertiary alicyclic amines) is 1. The maximum atomic E-state index is 13.3. The van der Waals surface area contributed by atoms with Gasteiger partial charge in [-0.05, 0) is 54.5 Å². The number of carbonyl (C=O) groups excluding carboxylic acids is 2. The number of thiophene rings is 1. The van der Waals surface area contributed by atoms with Crippen LogP contribution in [0.4, 0.5) is 5.69 Å². The van der Waals surface area contributed by atoms with Gasteiger partial charge in [-0.15, -0.1) is 11.3 Å². The number of benzene rings is 1. The molecule has 4 rings (SSSR count). The number of nitrogens with zero attached hydrogens (tertiary/aromatic N) is 2. The number of hydrogen-bond donors (Lipinski definition) is 1. The molecule has 0 saturated carbocycles. The fourth-order valence-electron chi connectivity index (χ4n) is 3.70. The molecule has 3 heterocycles. The normalized spacial score (nSPS) is 20.7. The molecule has 1 aromatic heterocycles. The summed E-state index contributed by atoms with van der Waals surface area (Å²) in [5, 5.41) is 12.0. The number of carbonyl (C=O) groups is 2. The Morgan fingerprint density at radius 3 is 2.59 bits per heavy atom. The highest BCUT2D eigenvalue weighted by Crippen LogP contribution is 2.38. The van der Waals surface area contributed by atoms with E-state index in [-0.39, 0.29) is 24.3 Å². The van der Waals surface area contributed by atoms with Crippen LogP contribution in [0.1, 0.15) is 17.7 Å². The lowest BCUT2D eigenvalue weighted by atomic mass is 9.98. The zero-order chi connectivity index (χ0) is 19.0. The maximum absolute atomic E-state index is 13.3. The monoisotopic (exact) mass is 402 g/mol. The Labute approximate surface area is 166 Å². The quantitative estimate of drug-likeness (QED) is 0.796. The van der Waals surface area contributed by atoms with Gasteiger partial charge in [0.25, 0.3) is 11.8 Å². The zero-order valence-electron chi connectivity index (χ0n) is 14.6. The predicted octanol–water partition coefficient (Wildman–Crippen LogP) is 3.39. The molecule has 0 bridgehead atoms. The minimum absolute atomic E-state index is 0.0845. The van der Waals surface area contributed by atoms with Crippen molar-refractivity contribution in [3.05, 3.63) is 57.4 Å². The second kappa shape index (κ2) is 7.46. The standard InChI is InChI=1S/C20H19ClN2O3S/c21-14-5-7-15(8-6-14)23-19(25)17(16-4-2-10-27-16)18(20(23)26)22-9-1-3-13(11-22)12-24/h2,4-8,10,13,24H,1,3,9,11-12H2. The number of aliphatic hydroxyl groups excluding tert-OH is 1. The van der Waals surface area contributed by atoms with E-state index in [4.69, 9.17) is 11.6 Å². The van der Waals surface area contributed by atoms with Crippen molar-refractivity contribution in [2.75, 3.05) is 24.6 Å². The van der Waals surface area contributed by atoms with Crippen LogP contribution >= 0.6 is 22.9 Å². The summed E-state index contributed by atoms with van der Waals surface area (Å²) in [5.41, 5.74) is 1.40. The van der Waals surface area contributed by atoms with Crippen molar-refractivity contribution in [1.29, 1.82) is 0 Å². The number of halogens is 1. The number of aliphatic hydroxyl groups is 1. The summed E-state index contributed by atoms with van der Waals surface area (Å²) in [6.45, 7) is 1.36. The van der Waals surface area contributed by atoms with Crippen molar-refractivity contribution >= 4 is 46.0 Å². The third kappa shape index (κ3) is 3.29. The largest absolute Gasteiger partial charge is 0.396 e. The molecule has 1 saturated heterocycles. The molecule has 5 nitrogen and oxygen atoms in total. The number of amides is 2. The minimum Gasteiger partial charge on any atom is -0.396 e. The van der Waals surface area contributed by atoms with Crippen LogP contribution in [-0.4, -0.2) is 41.5 Å². The molecule has 0 aliphatic carbocycles. The van der Waals surface area contributed by atoms with E-state index in [9.17, 15) is 14.7 Å². The van der Waals surface area contributed by atoms with Crippen molar-refractivity contribution in [3.63, 3.8) is 0 Å². The summed E-state index contributed by atoms with van der Waals surface area (Å²) in [6, 6.07) is 10.4. The lowest BCUT2D eigenvalue weighted by Gasteiger charge is -2.34. The van der Waals surface area contributed by atoms with Gasteiger partial charge in [0.15, 0.2) is 0 Å². The van der Waals surface area contributed by atoms with Gasteiger partial charge >= 0.3 is 0 Å². The molecule has 2 aromatic rings. The van der Waals surface area contributed by atoms with Crippen molar-refractivity contribution in [2.45, 2.75) is 12.8 Å². The summed E-state index contributed by atoms with van der Waals surface area (Å²) in [6.07, 6.45) is 1.81. The van der Waals surface area contributed by atoms with Crippen molar-refractivity contribution < 1.29 is 14.7 Å².